The number of benzene rings is 2. The number of ether oxygens (including phenoxy) is 1. The molecule has 2 unspecified atom stereocenters. The first-order valence-electron chi connectivity index (χ1n) is 17.9. The van der Waals surface area contributed by atoms with Gasteiger partial charge in [-0.25, -0.2) is 5.84 Å². The first-order chi connectivity index (χ1) is 25.7. The third-order valence-electron chi connectivity index (χ3n) is 10.4. The molecule has 0 spiro atoms. The van der Waals surface area contributed by atoms with Gasteiger partial charge in [-0.2, -0.15) is 29.8 Å². The molecule has 6 N–H and O–H groups in total. The number of nitrogens with one attached hydrogen (secondary N) is 1. The van der Waals surface area contributed by atoms with Crippen LogP contribution in [-0.2, 0) is 50.7 Å². The van der Waals surface area contributed by atoms with Crippen LogP contribution in [0.2, 0.25) is 0 Å². The molecule has 0 fully saturated rings. The van der Waals surface area contributed by atoms with Crippen LogP contribution in [0.25, 0.3) is 0 Å². The predicted octanol–water partition coefficient (Wildman–Crippen LogP) is 4.59. The zero-order chi connectivity index (χ0) is 40.8. The second kappa shape index (κ2) is 17.6. The largest absolute Gasteiger partial charge is 0.385 e. The van der Waals surface area contributed by atoms with Gasteiger partial charge in [-0.15, -0.1) is 0 Å². The van der Waals surface area contributed by atoms with E-state index in [9.17, 15) is 43.7 Å². The van der Waals surface area contributed by atoms with E-state index in [0.717, 1.165) is 23.5 Å². The molecule has 2 heterocycles. The lowest BCUT2D eigenvalue weighted by molar-refractivity contribution is -0.438. The number of unbranched alkanes of at least 4 members (excludes halogenated alkanes) is 2. The van der Waals surface area contributed by atoms with E-state index in [0.29, 0.717) is 55.8 Å². The first-order valence-corrected chi connectivity index (χ1v) is 22.4. The summed E-state index contributed by atoms with van der Waals surface area (Å²) in [5.74, 6) is 4.48. The Morgan fingerprint density at radius 1 is 0.873 bits per heavy atom. The quantitative estimate of drug-likeness (QED) is 0.0249. The highest BCUT2D eigenvalue weighted by Gasteiger charge is 2.48. The summed E-state index contributed by atoms with van der Waals surface area (Å²) in [5.41, 5.74) is 4.92. The molecule has 0 radical (unpaired) electrons. The molecule has 18 heteroatoms. The lowest BCUT2D eigenvalue weighted by Gasteiger charge is -2.30. The molecule has 1 amide bonds. The molecule has 2 aromatic carbocycles. The van der Waals surface area contributed by atoms with Crippen molar-refractivity contribution in [3.8, 4) is 0 Å². The standard InChI is InChI=1S/C37H50N4O11S3/c1-5-40-31-18-16-27(54(46,47)48)25-29(31)36(2,20-12-24-53(43,44)45)33(40)13-8-6-9-14-34-37(3,21-23-52-4)30-26-28(55(49,50)51)17-19-32(30)41(34)22-11-7-10-15-35(42)39-38/h6,8-9,13-14,16-19,25-26H,5,7,10-12,15,20-24,38H2,1-4H3,(H3-,39,42,43,44,45,46,47,48,49,50,51)/p+1. The molecule has 0 aliphatic carbocycles. The number of carbonyl (C=O) groups is 1. The van der Waals surface area contributed by atoms with Crippen molar-refractivity contribution in [2.45, 2.75) is 86.3 Å². The number of anilines is 1. The lowest BCUT2D eigenvalue weighted by atomic mass is 9.76. The molecular formula is C37H51N4O11S3+. The van der Waals surface area contributed by atoms with E-state index >= 15 is 0 Å². The molecule has 55 heavy (non-hydrogen) atoms. The van der Waals surface area contributed by atoms with Gasteiger partial charge in [0.1, 0.15) is 6.54 Å². The topological polar surface area (TPSA) is 234 Å². The third-order valence-corrected chi connectivity index (χ3v) is 12.9. The second-order valence-corrected chi connectivity index (χ2v) is 18.5. The van der Waals surface area contributed by atoms with E-state index in [2.05, 4.69) is 10.0 Å². The number of allylic oxidation sites excluding steroid dienone is 6. The number of likely N-dealkylation sites (N-methyl/N-ethyl adjacent to an activating group) is 1. The van der Waals surface area contributed by atoms with Crippen molar-refractivity contribution in [3.05, 3.63) is 83.6 Å². The minimum Gasteiger partial charge on any atom is -0.385 e. The number of amides is 1. The average Bonchev–Trinajstić information content (AvgIpc) is 3.48. The summed E-state index contributed by atoms with van der Waals surface area (Å²) in [4.78, 5) is 13.1. The number of carbonyl (C=O) groups excluding carboxylic acids is 1. The number of nitrogens with zero attached hydrogens (tertiary/aromatic N) is 2. The maximum Gasteiger partial charge on any atom is 0.294 e. The Labute approximate surface area is 323 Å². The van der Waals surface area contributed by atoms with Gasteiger partial charge in [0.05, 0.1) is 21.0 Å². The zero-order valence-corrected chi connectivity index (χ0v) is 33.9. The number of hydrogen-bond donors (Lipinski definition) is 5. The zero-order valence-electron chi connectivity index (χ0n) is 31.4. The van der Waals surface area contributed by atoms with Crippen LogP contribution in [0.4, 0.5) is 11.4 Å². The summed E-state index contributed by atoms with van der Waals surface area (Å²) in [6.45, 7) is 7.18. The van der Waals surface area contributed by atoms with Crippen LogP contribution in [0.5, 0.6) is 0 Å². The molecule has 0 aromatic heterocycles. The summed E-state index contributed by atoms with van der Waals surface area (Å²) in [7, 11) is -11.7. The fraction of sp³-hybridized carbons (Fsp3) is 0.459. The summed E-state index contributed by atoms with van der Waals surface area (Å²) in [6.07, 6.45) is 12.4. The number of hydrogen-bond acceptors (Lipinski definition) is 10. The second-order valence-electron chi connectivity index (χ2n) is 14.1. The minimum absolute atomic E-state index is 0.0810. The fourth-order valence-corrected chi connectivity index (χ4v) is 9.09. The molecule has 4 rings (SSSR count). The number of hydrazine groups is 1. The molecule has 302 valence electrons. The van der Waals surface area contributed by atoms with E-state index in [-0.39, 0.29) is 35.0 Å². The first kappa shape index (κ1) is 44.0. The molecule has 2 aliphatic heterocycles. The van der Waals surface area contributed by atoms with Crippen LogP contribution in [0, 0.1) is 0 Å². The van der Waals surface area contributed by atoms with Crippen LogP contribution in [0.3, 0.4) is 0 Å². The average molecular weight is 824 g/mol. The van der Waals surface area contributed by atoms with Gasteiger partial charge < -0.3 is 9.64 Å². The van der Waals surface area contributed by atoms with Crippen LogP contribution in [0.15, 0.2) is 82.3 Å². The van der Waals surface area contributed by atoms with Gasteiger partial charge >= 0.3 is 0 Å². The summed E-state index contributed by atoms with van der Waals surface area (Å²) in [6, 6.07) is 8.86. The Bertz CT molecular complexity index is 2230. The van der Waals surface area contributed by atoms with Crippen LogP contribution < -0.4 is 16.2 Å². The van der Waals surface area contributed by atoms with Gasteiger partial charge in [0.25, 0.3) is 30.4 Å². The highest BCUT2D eigenvalue weighted by atomic mass is 32.2. The Morgan fingerprint density at radius 3 is 2.13 bits per heavy atom. The molecule has 0 bridgehead atoms. The van der Waals surface area contributed by atoms with Gasteiger partial charge in [0.2, 0.25) is 11.6 Å². The Hall–Kier alpha value is -3.75. The minimum atomic E-state index is -4.53. The summed E-state index contributed by atoms with van der Waals surface area (Å²) < 4.78 is 108. The Kier molecular flexibility index (Phi) is 14.1. The van der Waals surface area contributed by atoms with Crippen molar-refractivity contribution in [2.75, 3.05) is 37.5 Å². The Balaban J connectivity index is 1.76. The smallest absolute Gasteiger partial charge is 0.294 e. The van der Waals surface area contributed by atoms with E-state index < -0.39 is 46.9 Å². The Morgan fingerprint density at radius 2 is 1.53 bits per heavy atom. The van der Waals surface area contributed by atoms with Crippen LogP contribution >= 0.6 is 0 Å². The SMILES string of the molecule is CCN1/C(=C/C=C/C=C/C2=[N+](CCCCCC(=O)NN)c3ccc(S(=O)(=O)O)cc3C2(C)CCOC)C(C)(CCCS(=O)(=O)O)c2cc(S(=O)(=O)O)ccc21. The van der Waals surface area contributed by atoms with Crippen molar-refractivity contribution in [2.24, 2.45) is 5.84 Å². The monoisotopic (exact) mass is 823 g/mol. The van der Waals surface area contributed by atoms with Crippen LogP contribution in [-0.4, -0.2) is 87.7 Å². The van der Waals surface area contributed by atoms with E-state index in [1.54, 1.807) is 19.2 Å². The van der Waals surface area contributed by atoms with E-state index in [1.165, 1.54) is 24.3 Å². The third kappa shape index (κ3) is 10.2. The van der Waals surface area contributed by atoms with Crippen molar-refractivity contribution in [1.82, 2.24) is 5.43 Å². The molecule has 2 atom stereocenters. The molecule has 2 aliphatic rings. The van der Waals surface area contributed by atoms with Crippen molar-refractivity contribution in [1.29, 1.82) is 0 Å². The number of rotatable bonds is 19. The molecule has 15 nitrogen and oxygen atoms in total. The molecule has 0 saturated heterocycles. The summed E-state index contributed by atoms with van der Waals surface area (Å²) >= 11 is 0. The van der Waals surface area contributed by atoms with Gasteiger partial charge in [0.15, 0.2) is 5.71 Å². The maximum absolute atomic E-state index is 12.2. The van der Waals surface area contributed by atoms with Gasteiger partial charge in [-0.3, -0.25) is 23.9 Å². The van der Waals surface area contributed by atoms with Crippen molar-refractivity contribution >= 4 is 53.3 Å². The van der Waals surface area contributed by atoms with Crippen LogP contribution in [0.1, 0.15) is 76.8 Å². The van der Waals surface area contributed by atoms with E-state index in [1.807, 2.05) is 56.1 Å². The highest BCUT2D eigenvalue weighted by molar-refractivity contribution is 7.86. The van der Waals surface area contributed by atoms with Gasteiger partial charge in [-0.05, 0) is 94.8 Å². The maximum atomic E-state index is 12.2. The number of methoxy groups -OCH3 is 1. The van der Waals surface area contributed by atoms with Gasteiger partial charge in [0, 0.05) is 67.6 Å². The normalized spacial score (nSPS) is 20.9. The number of fused-ring (bicyclic) bond motifs is 2. The van der Waals surface area contributed by atoms with Gasteiger partial charge in [-0.1, -0.05) is 18.2 Å². The highest BCUT2D eigenvalue weighted by Crippen LogP contribution is 2.51. The lowest BCUT2D eigenvalue weighted by Crippen LogP contribution is -2.33. The summed E-state index contributed by atoms with van der Waals surface area (Å²) in [5, 5.41) is 0. The number of nitrogens with two attached hydrogens (primary N) is 1. The molecule has 0 saturated carbocycles. The van der Waals surface area contributed by atoms with Crippen molar-refractivity contribution in [3.63, 3.8) is 0 Å². The molecular weight excluding hydrogens is 773 g/mol. The predicted molar refractivity (Wildman–Crippen MR) is 209 cm³/mol. The molecule has 2 aromatic rings. The van der Waals surface area contributed by atoms with Crippen molar-refractivity contribution < 1.29 is 53.0 Å². The fourth-order valence-electron chi connectivity index (χ4n) is 7.57. The van der Waals surface area contributed by atoms with E-state index in [4.69, 9.17) is 10.6 Å².